The summed E-state index contributed by atoms with van der Waals surface area (Å²) < 4.78 is 4.90. The minimum atomic E-state index is -0.139. The highest BCUT2D eigenvalue weighted by atomic mass is 16.5. The molecule has 0 heterocycles. The van der Waals surface area contributed by atoms with Crippen LogP contribution in [0, 0.1) is 0 Å². The lowest BCUT2D eigenvalue weighted by atomic mass is 10.2. The maximum absolute atomic E-state index is 11.2. The lowest BCUT2D eigenvalue weighted by Crippen LogP contribution is -2.41. The van der Waals surface area contributed by atoms with E-state index >= 15 is 0 Å². The van der Waals surface area contributed by atoms with Gasteiger partial charge in [0.25, 0.3) is 0 Å². The summed E-state index contributed by atoms with van der Waals surface area (Å²) in [5, 5.41) is 6.53. The first-order chi connectivity index (χ1) is 10.9. The first-order valence-electron chi connectivity index (χ1n) is 8.78. The first kappa shape index (κ1) is 21.7. The van der Waals surface area contributed by atoms with Crippen molar-refractivity contribution in [3.63, 3.8) is 0 Å². The van der Waals surface area contributed by atoms with Gasteiger partial charge < -0.3 is 15.4 Å². The van der Waals surface area contributed by atoms with Crippen molar-refractivity contribution in [3.05, 3.63) is 0 Å². The summed E-state index contributed by atoms with van der Waals surface area (Å²) >= 11 is 0. The van der Waals surface area contributed by atoms with Gasteiger partial charge in [-0.1, -0.05) is 0 Å². The standard InChI is InChI=1S/C17H36N4O2/c1-7-23-16(22)10-8-11-19-17(18-6)20-12-9-13-21(14(2)3)15(4)5/h14-15H,7-13H2,1-6H3,(H2,18,19,20). The number of aliphatic imine (C=N–C) groups is 1. The number of carbonyl (C=O) groups excluding carboxylic acids is 1. The van der Waals surface area contributed by atoms with Gasteiger partial charge in [-0.3, -0.25) is 14.7 Å². The van der Waals surface area contributed by atoms with Gasteiger partial charge >= 0.3 is 5.97 Å². The monoisotopic (exact) mass is 328 g/mol. The summed E-state index contributed by atoms with van der Waals surface area (Å²) in [6.45, 7) is 13.9. The molecule has 0 aromatic rings. The lowest BCUT2D eigenvalue weighted by molar-refractivity contribution is -0.143. The topological polar surface area (TPSA) is 66.0 Å². The largest absolute Gasteiger partial charge is 0.466 e. The molecule has 0 aliphatic carbocycles. The minimum Gasteiger partial charge on any atom is -0.466 e. The molecule has 0 unspecified atom stereocenters. The predicted molar refractivity (Wildman–Crippen MR) is 96.8 cm³/mol. The van der Waals surface area contributed by atoms with E-state index in [9.17, 15) is 4.79 Å². The highest BCUT2D eigenvalue weighted by Crippen LogP contribution is 2.05. The second-order valence-electron chi connectivity index (χ2n) is 6.11. The van der Waals surface area contributed by atoms with E-state index in [1.54, 1.807) is 7.05 Å². The van der Waals surface area contributed by atoms with Gasteiger partial charge in [0.05, 0.1) is 6.61 Å². The Morgan fingerprint density at radius 3 is 2.13 bits per heavy atom. The van der Waals surface area contributed by atoms with Crippen LogP contribution in [0.4, 0.5) is 0 Å². The number of carbonyl (C=O) groups is 1. The van der Waals surface area contributed by atoms with Crippen molar-refractivity contribution in [3.8, 4) is 0 Å². The highest BCUT2D eigenvalue weighted by molar-refractivity contribution is 5.79. The molecule has 0 spiro atoms. The van der Waals surface area contributed by atoms with Crippen LogP contribution >= 0.6 is 0 Å². The Morgan fingerprint density at radius 1 is 1.09 bits per heavy atom. The average Bonchev–Trinajstić information content (AvgIpc) is 2.48. The van der Waals surface area contributed by atoms with Gasteiger partial charge in [-0.2, -0.15) is 0 Å². The van der Waals surface area contributed by atoms with Crippen molar-refractivity contribution in [1.29, 1.82) is 0 Å². The predicted octanol–water partition coefficient (Wildman–Crippen LogP) is 2.00. The molecule has 0 aliphatic heterocycles. The van der Waals surface area contributed by atoms with Crippen LogP contribution in [0.5, 0.6) is 0 Å². The fraction of sp³-hybridized carbons (Fsp3) is 0.882. The van der Waals surface area contributed by atoms with Crippen LogP contribution < -0.4 is 10.6 Å². The van der Waals surface area contributed by atoms with Gasteiger partial charge in [0, 0.05) is 45.2 Å². The third-order valence-corrected chi connectivity index (χ3v) is 3.59. The normalized spacial score (nSPS) is 12.1. The maximum Gasteiger partial charge on any atom is 0.305 e. The lowest BCUT2D eigenvalue weighted by Gasteiger charge is -2.30. The Labute approximate surface area is 142 Å². The van der Waals surface area contributed by atoms with Crippen LogP contribution in [0.25, 0.3) is 0 Å². The van der Waals surface area contributed by atoms with E-state index in [1.807, 2.05) is 6.92 Å². The second-order valence-corrected chi connectivity index (χ2v) is 6.11. The van der Waals surface area contributed by atoms with Gasteiger partial charge in [0.15, 0.2) is 5.96 Å². The molecule has 0 bridgehead atoms. The summed E-state index contributed by atoms with van der Waals surface area (Å²) in [6, 6.07) is 1.13. The van der Waals surface area contributed by atoms with Crippen molar-refractivity contribution < 1.29 is 9.53 Å². The molecule has 0 rings (SSSR count). The third-order valence-electron chi connectivity index (χ3n) is 3.59. The molecule has 0 aromatic carbocycles. The molecule has 136 valence electrons. The van der Waals surface area contributed by atoms with Crippen molar-refractivity contribution >= 4 is 11.9 Å². The van der Waals surface area contributed by atoms with Gasteiger partial charge in [-0.25, -0.2) is 0 Å². The molecule has 2 N–H and O–H groups in total. The Hall–Kier alpha value is -1.30. The summed E-state index contributed by atoms with van der Waals surface area (Å²) in [6.07, 6.45) is 2.25. The number of ether oxygens (including phenoxy) is 1. The molecule has 0 aromatic heterocycles. The van der Waals surface area contributed by atoms with Crippen LogP contribution in [0.3, 0.4) is 0 Å². The maximum atomic E-state index is 11.2. The van der Waals surface area contributed by atoms with E-state index in [-0.39, 0.29) is 5.97 Å². The van der Waals surface area contributed by atoms with Crippen molar-refractivity contribution in [2.75, 3.05) is 33.3 Å². The number of guanidine groups is 1. The summed E-state index contributed by atoms with van der Waals surface area (Å²) in [7, 11) is 1.76. The summed E-state index contributed by atoms with van der Waals surface area (Å²) in [5.41, 5.74) is 0. The number of hydrogen-bond acceptors (Lipinski definition) is 4. The van der Waals surface area contributed by atoms with Gasteiger partial charge in [0.2, 0.25) is 0 Å². The molecular weight excluding hydrogens is 292 g/mol. The van der Waals surface area contributed by atoms with Gasteiger partial charge in [0.1, 0.15) is 0 Å². The Balaban J connectivity index is 3.84. The number of rotatable bonds is 11. The quantitative estimate of drug-likeness (QED) is 0.263. The Bertz CT molecular complexity index is 335. The molecule has 0 saturated carbocycles. The van der Waals surface area contributed by atoms with E-state index < -0.39 is 0 Å². The molecule has 23 heavy (non-hydrogen) atoms. The highest BCUT2D eigenvalue weighted by Gasteiger charge is 2.12. The average molecular weight is 329 g/mol. The SMILES string of the molecule is CCOC(=O)CCCNC(=NC)NCCCN(C(C)C)C(C)C. The molecule has 0 aliphatic rings. The zero-order chi connectivity index (χ0) is 17.7. The van der Waals surface area contributed by atoms with Crippen LogP contribution in [0.1, 0.15) is 53.9 Å². The summed E-state index contributed by atoms with van der Waals surface area (Å²) in [5.74, 6) is 0.647. The molecule has 0 atom stereocenters. The molecular formula is C17H36N4O2. The fourth-order valence-electron chi connectivity index (χ4n) is 2.47. The van der Waals surface area contributed by atoms with E-state index in [2.05, 4.69) is 48.2 Å². The molecule has 0 amide bonds. The summed E-state index contributed by atoms with van der Waals surface area (Å²) in [4.78, 5) is 17.9. The van der Waals surface area contributed by atoms with E-state index in [4.69, 9.17) is 4.74 Å². The van der Waals surface area contributed by atoms with E-state index in [0.717, 1.165) is 31.9 Å². The number of esters is 1. The Kier molecular flexibility index (Phi) is 12.4. The number of nitrogens with one attached hydrogen (secondary N) is 2. The second kappa shape index (κ2) is 13.2. The zero-order valence-corrected chi connectivity index (χ0v) is 15.8. The molecule has 0 radical (unpaired) electrons. The van der Waals surface area contributed by atoms with Crippen LogP contribution in [0.15, 0.2) is 4.99 Å². The minimum absolute atomic E-state index is 0.139. The first-order valence-corrected chi connectivity index (χ1v) is 8.78. The van der Waals surface area contributed by atoms with Gasteiger partial charge in [-0.05, 0) is 47.5 Å². The van der Waals surface area contributed by atoms with Crippen molar-refractivity contribution in [1.82, 2.24) is 15.5 Å². The smallest absolute Gasteiger partial charge is 0.305 e. The molecule has 0 saturated heterocycles. The Morgan fingerprint density at radius 2 is 1.65 bits per heavy atom. The van der Waals surface area contributed by atoms with Crippen molar-refractivity contribution in [2.24, 2.45) is 4.99 Å². The number of hydrogen-bond donors (Lipinski definition) is 2. The molecule has 6 nitrogen and oxygen atoms in total. The third kappa shape index (κ3) is 11.0. The molecule has 6 heteroatoms. The molecule has 0 fully saturated rings. The zero-order valence-electron chi connectivity index (χ0n) is 15.8. The van der Waals surface area contributed by atoms with Crippen molar-refractivity contribution in [2.45, 2.75) is 66.0 Å². The van der Waals surface area contributed by atoms with E-state index in [0.29, 0.717) is 31.7 Å². The number of nitrogens with zero attached hydrogens (tertiary/aromatic N) is 2. The van der Waals surface area contributed by atoms with Crippen LogP contribution in [-0.2, 0) is 9.53 Å². The fourth-order valence-corrected chi connectivity index (χ4v) is 2.47. The van der Waals surface area contributed by atoms with Crippen LogP contribution in [-0.4, -0.2) is 62.2 Å². The van der Waals surface area contributed by atoms with Crippen LogP contribution in [0.2, 0.25) is 0 Å². The van der Waals surface area contributed by atoms with Gasteiger partial charge in [-0.15, -0.1) is 0 Å². The van der Waals surface area contributed by atoms with E-state index in [1.165, 1.54) is 0 Å².